The van der Waals surface area contributed by atoms with E-state index in [0.717, 1.165) is 6.42 Å². The molecule has 2 bridgehead atoms. The van der Waals surface area contributed by atoms with Gasteiger partial charge in [0.1, 0.15) is 11.5 Å². The number of hydrogen-bond acceptors (Lipinski definition) is 5. The third-order valence-electron chi connectivity index (χ3n) is 4.76. The van der Waals surface area contributed by atoms with Gasteiger partial charge in [-0.3, -0.25) is 9.59 Å². The van der Waals surface area contributed by atoms with Crippen molar-refractivity contribution in [2.45, 2.75) is 45.0 Å². The number of ether oxygens (including phenoxy) is 3. The van der Waals surface area contributed by atoms with Crippen molar-refractivity contribution < 1.29 is 23.8 Å². The number of carbonyl (C=O) groups excluding carboxylic acids is 2. The molecule has 0 N–H and O–H groups in total. The van der Waals surface area contributed by atoms with Gasteiger partial charge in [-0.15, -0.1) is 0 Å². The lowest BCUT2D eigenvalue weighted by Gasteiger charge is -2.22. The topological polar surface area (TPSA) is 65.1 Å². The minimum absolute atomic E-state index is 0.000509. The van der Waals surface area contributed by atoms with E-state index in [-0.39, 0.29) is 24.1 Å². The molecule has 2 fully saturated rings. The van der Waals surface area contributed by atoms with Crippen LogP contribution in [0.15, 0.2) is 12.2 Å². The number of esters is 1. The van der Waals surface area contributed by atoms with Crippen LogP contribution in [-0.2, 0) is 23.8 Å². The van der Waals surface area contributed by atoms with Crippen molar-refractivity contribution in [1.29, 1.82) is 0 Å². The van der Waals surface area contributed by atoms with E-state index in [1.54, 1.807) is 11.8 Å². The molecule has 1 amide bonds. The number of amides is 1. The summed E-state index contributed by atoms with van der Waals surface area (Å²) >= 11 is 0. The maximum Gasteiger partial charge on any atom is 0.312 e. The summed E-state index contributed by atoms with van der Waals surface area (Å²) < 4.78 is 16.7. The first kappa shape index (κ1) is 16.5. The summed E-state index contributed by atoms with van der Waals surface area (Å²) in [6, 6.07) is 0. The lowest BCUT2D eigenvalue weighted by Crippen LogP contribution is -2.40. The molecule has 3 rings (SSSR count). The van der Waals surface area contributed by atoms with E-state index in [0.29, 0.717) is 26.3 Å². The fraction of sp³-hybridized carbons (Fsp3) is 0.765. The van der Waals surface area contributed by atoms with Gasteiger partial charge in [-0.25, -0.2) is 0 Å². The van der Waals surface area contributed by atoms with Gasteiger partial charge in [0, 0.05) is 13.2 Å². The Kier molecular flexibility index (Phi) is 4.47. The molecule has 0 saturated carbocycles. The molecule has 0 aromatic rings. The van der Waals surface area contributed by atoms with Crippen molar-refractivity contribution in [3.63, 3.8) is 0 Å². The van der Waals surface area contributed by atoms with Crippen molar-refractivity contribution >= 4 is 11.9 Å². The van der Waals surface area contributed by atoms with Gasteiger partial charge in [0.2, 0.25) is 5.91 Å². The van der Waals surface area contributed by atoms with Gasteiger partial charge in [0.25, 0.3) is 0 Å². The molecule has 128 valence electrons. The van der Waals surface area contributed by atoms with E-state index >= 15 is 0 Å². The van der Waals surface area contributed by atoms with Crippen LogP contribution in [0.5, 0.6) is 0 Å². The highest BCUT2D eigenvalue weighted by Crippen LogP contribution is 2.52. The van der Waals surface area contributed by atoms with Gasteiger partial charge >= 0.3 is 5.97 Å². The Labute approximate surface area is 136 Å². The Morgan fingerprint density at radius 1 is 1.52 bits per heavy atom. The van der Waals surface area contributed by atoms with Gasteiger partial charge in [0.05, 0.1) is 31.3 Å². The van der Waals surface area contributed by atoms with Crippen LogP contribution in [0.1, 0.15) is 27.2 Å². The van der Waals surface area contributed by atoms with Crippen LogP contribution >= 0.6 is 0 Å². The molecule has 6 nitrogen and oxygen atoms in total. The Morgan fingerprint density at radius 2 is 2.30 bits per heavy atom. The molecule has 0 aromatic carbocycles. The average molecular weight is 323 g/mol. The van der Waals surface area contributed by atoms with Crippen molar-refractivity contribution in [3.05, 3.63) is 12.2 Å². The summed E-state index contributed by atoms with van der Waals surface area (Å²) in [7, 11) is 0. The van der Waals surface area contributed by atoms with Crippen molar-refractivity contribution in [2.75, 3.05) is 26.3 Å². The molecule has 0 aromatic heterocycles. The van der Waals surface area contributed by atoms with Gasteiger partial charge in [-0.05, 0) is 27.2 Å². The van der Waals surface area contributed by atoms with Gasteiger partial charge in [-0.1, -0.05) is 12.2 Å². The highest BCUT2D eigenvalue weighted by Gasteiger charge is 2.67. The first-order valence-corrected chi connectivity index (χ1v) is 8.42. The number of fused-ring (bicyclic) bond motifs is 1. The highest BCUT2D eigenvalue weighted by molar-refractivity contribution is 5.91. The molecule has 4 atom stereocenters. The van der Waals surface area contributed by atoms with Crippen LogP contribution in [0.4, 0.5) is 0 Å². The van der Waals surface area contributed by atoms with E-state index in [4.69, 9.17) is 14.2 Å². The second kappa shape index (κ2) is 6.24. The summed E-state index contributed by atoms with van der Waals surface area (Å²) in [6.07, 6.45) is 4.51. The second-order valence-corrected chi connectivity index (χ2v) is 6.68. The van der Waals surface area contributed by atoms with E-state index in [2.05, 4.69) is 0 Å². The predicted octanol–water partition coefficient (Wildman–Crippen LogP) is 1.15. The molecule has 6 heteroatoms. The number of nitrogens with zero attached hydrogens (tertiary/aromatic N) is 1. The number of carbonyl (C=O) groups is 2. The summed E-state index contributed by atoms with van der Waals surface area (Å²) in [4.78, 5) is 26.8. The summed E-state index contributed by atoms with van der Waals surface area (Å²) in [6.45, 7) is 7.84. The maximum absolute atomic E-state index is 12.8. The number of rotatable bonds is 7. The molecular formula is C17H25NO5. The number of likely N-dealkylation sites (tertiary alicyclic amines) is 1. The van der Waals surface area contributed by atoms with Crippen LogP contribution in [-0.4, -0.2) is 60.9 Å². The smallest absolute Gasteiger partial charge is 0.312 e. The van der Waals surface area contributed by atoms with Gasteiger partial charge < -0.3 is 19.1 Å². The van der Waals surface area contributed by atoms with Crippen LogP contribution in [0.2, 0.25) is 0 Å². The third-order valence-corrected chi connectivity index (χ3v) is 4.76. The van der Waals surface area contributed by atoms with Crippen LogP contribution < -0.4 is 0 Å². The first-order valence-electron chi connectivity index (χ1n) is 8.42. The highest BCUT2D eigenvalue weighted by atomic mass is 16.6. The van der Waals surface area contributed by atoms with Crippen LogP contribution in [0.25, 0.3) is 0 Å². The summed E-state index contributed by atoms with van der Waals surface area (Å²) in [5, 5.41) is 0. The van der Waals surface area contributed by atoms with E-state index in [1.807, 2.05) is 26.0 Å². The van der Waals surface area contributed by atoms with E-state index in [1.165, 1.54) is 0 Å². The largest absolute Gasteiger partial charge is 0.466 e. The first-order chi connectivity index (χ1) is 11.0. The SMILES string of the molecule is CCOC(=O)[C@@H]1[C@H]2C=C[C@@]3(CN(CCCOC(C)C)C(=O)[C@@H]13)O2. The molecule has 0 radical (unpaired) electrons. The lowest BCUT2D eigenvalue weighted by molar-refractivity contribution is -0.153. The summed E-state index contributed by atoms with van der Waals surface area (Å²) in [5.74, 6) is -1.28. The fourth-order valence-electron chi connectivity index (χ4n) is 3.85. The van der Waals surface area contributed by atoms with Crippen molar-refractivity contribution in [1.82, 2.24) is 4.90 Å². The minimum Gasteiger partial charge on any atom is -0.466 e. The Balaban J connectivity index is 1.66. The Hall–Kier alpha value is -1.40. The fourth-order valence-corrected chi connectivity index (χ4v) is 3.85. The molecule has 2 saturated heterocycles. The normalized spacial score (nSPS) is 34.5. The molecular weight excluding hydrogens is 298 g/mol. The number of hydrogen-bond donors (Lipinski definition) is 0. The average Bonchev–Trinajstić information content (AvgIpc) is 3.12. The van der Waals surface area contributed by atoms with Crippen LogP contribution in [0.3, 0.4) is 0 Å². The van der Waals surface area contributed by atoms with Gasteiger partial charge in [0.15, 0.2) is 0 Å². The minimum atomic E-state index is -0.641. The van der Waals surface area contributed by atoms with Crippen LogP contribution in [0, 0.1) is 11.8 Å². The molecule has 3 aliphatic rings. The van der Waals surface area contributed by atoms with E-state index < -0.39 is 17.4 Å². The molecule has 1 spiro atoms. The second-order valence-electron chi connectivity index (χ2n) is 6.68. The lowest BCUT2D eigenvalue weighted by atomic mass is 9.77. The molecule has 3 heterocycles. The van der Waals surface area contributed by atoms with E-state index in [9.17, 15) is 9.59 Å². The molecule has 23 heavy (non-hydrogen) atoms. The zero-order valence-corrected chi connectivity index (χ0v) is 14.0. The standard InChI is InChI=1S/C17H25NO5/c1-4-21-16(20)13-12-6-7-17(23-12)10-18(15(19)14(13)17)8-5-9-22-11(2)3/h6-7,11-14H,4-5,8-10H2,1-3H3/t12-,13-,14-,17+/m1/s1. The third kappa shape index (κ3) is 2.78. The monoisotopic (exact) mass is 323 g/mol. The van der Waals surface area contributed by atoms with Crippen molar-refractivity contribution in [2.24, 2.45) is 11.8 Å². The van der Waals surface area contributed by atoms with Crippen molar-refractivity contribution in [3.8, 4) is 0 Å². The van der Waals surface area contributed by atoms with Gasteiger partial charge in [-0.2, -0.15) is 0 Å². The zero-order valence-electron chi connectivity index (χ0n) is 14.0. The predicted molar refractivity (Wildman–Crippen MR) is 82.6 cm³/mol. The zero-order chi connectivity index (χ0) is 16.6. The summed E-state index contributed by atoms with van der Waals surface area (Å²) in [5.41, 5.74) is -0.641. The Bertz CT molecular complexity index is 517. The quantitative estimate of drug-likeness (QED) is 0.399. The Morgan fingerprint density at radius 3 is 3.00 bits per heavy atom. The molecule has 0 unspecified atom stereocenters. The molecule has 3 aliphatic heterocycles. The molecule has 0 aliphatic carbocycles. The maximum atomic E-state index is 12.8.